The van der Waals surface area contributed by atoms with Crippen LogP contribution in [0.3, 0.4) is 0 Å². The molecule has 2 unspecified atom stereocenters. The van der Waals surface area contributed by atoms with E-state index in [9.17, 15) is 0 Å². The van der Waals surface area contributed by atoms with E-state index in [1.807, 2.05) is 0 Å². The summed E-state index contributed by atoms with van der Waals surface area (Å²) in [7, 11) is 0. The van der Waals surface area contributed by atoms with Crippen molar-refractivity contribution in [3.63, 3.8) is 0 Å². The van der Waals surface area contributed by atoms with Crippen molar-refractivity contribution in [2.24, 2.45) is 11.8 Å². The quantitative estimate of drug-likeness (QED) is 0.251. The Bertz CT molecular complexity index is 292. The molecule has 2 atom stereocenters. The standard InChI is InChI=1S/C23H49NO4/c1-5-9-22(4)11-8-13-25-15-17-27-19-20-28-18-16-26-14-12-24-21-23(7-3)10-6-2/h22-24H,5-21H2,1-4H3. The molecule has 0 aliphatic rings. The normalized spacial score (nSPS) is 13.7. The Kier molecular flexibility index (Phi) is 22.9. The first kappa shape index (κ1) is 27.8. The van der Waals surface area contributed by atoms with Crippen LogP contribution in [-0.4, -0.2) is 65.9 Å². The van der Waals surface area contributed by atoms with Gasteiger partial charge in [0.25, 0.3) is 0 Å². The molecule has 5 nitrogen and oxygen atoms in total. The van der Waals surface area contributed by atoms with Gasteiger partial charge in [-0.1, -0.05) is 53.4 Å². The van der Waals surface area contributed by atoms with E-state index in [1.165, 1.54) is 38.5 Å². The van der Waals surface area contributed by atoms with E-state index in [0.29, 0.717) is 39.6 Å². The number of hydrogen-bond acceptors (Lipinski definition) is 5. The van der Waals surface area contributed by atoms with E-state index in [1.54, 1.807) is 0 Å². The number of ether oxygens (including phenoxy) is 4. The molecular weight excluding hydrogens is 354 g/mol. The second-order valence-electron chi connectivity index (χ2n) is 7.75. The summed E-state index contributed by atoms with van der Waals surface area (Å²) in [6.07, 6.45) is 8.84. The van der Waals surface area contributed by atoms with Gasteiger partial charge < -0.3 is 24.3 Å². The fourth-order valence-corrected chi connectivity index (χ4v) is 3.24. The van der Waals surface area contributed by atoms with E-state index >= 15 is 0 Å². The third-order valence-corrected chi connectivity index (χ3v) is 5.01. The van der Waals surface area contributed by atoms with E-state index in [0.717, 1.165) is 44.6 Å². The molecule has 0 saturated heterocycles. The summed E-state index contributed by atoms with van der Waals surface area (Å²) in [6.45, 7) is 16.5. The first-order valence-corrected chi connectivity index (χ1v) is 11.8. The Balaban J connectivity index is 3.12. The zero-order valence-corrected chi connectivity index (χ0v) is 19.3. The summed E-state index contributed by atoms with van der Waals surface area (Å²) in [6, 6.07) is 0. The van der Waals surface area contributed by atoms with Crippen molar-refractivity contribution in [3.05, 3.63) is 0 Å². The van der Waals surface area contributed by atoms with Gasteiger partial charge in [0.2, 0.25) is 0 Å². The van der Waals surface area contributed by atoms with E-state index in [4.69, 9.17) is 18.9 Å². The van der Waals surface area contributed by atoms with Crippen molar-refractivity contribution in [2.45, 2.75) is 72.6 Å². The molecule has 170 valence electrons. The molecule has 0 saturated carbocycles. The van der Waals surface area contributed by atoms with Crippen LogP contribution in [0.1, 0.15) is 72.6 Å². The molecular formula is C23H49NO4. The highest BCUT2D eigenvalue weighted by Gasteiger charge is 2.03. The minimum absolute atomic E-state index is 0.616. The van der Waals surface area contributed by atoms with Crippen LogP contribution in [-0.2, 0) is 18.9 Å². The second-order valence-corrected chi connectivity index (χ2v) is 7.75. The molecule has 0 aromatic carbocycles. The van der Waals surface area contributed by atoms with Crippen LogP contribution < -0.4 is 5.32 Å². The van der Waals surface area contributed by atoms with Crippen LogP contribution in [0.5, 0.6) is 0 Å². The van der Waals surface area contributed by atoms with Crippen molar-refractivity contribution in [1.29, 1.82) is 0 Å². The van der Waals surface area contributed by atoms with Crippen molar-refractivity contribution in [2.75, 3.05) is 65.9 Å². The average Bonchev–Trinajstić information content (AvgIpc) is 2.69. The van der Waals surface area contributed by atoms with Crippen LogP contribution in [0.25, 0.3) is 0 Å². The maximum Gasteiger partial charge on any atom is 0.0701 e. The smallest absolute Gasteiger partial charge is 0.0701 e. The zero-order valence-electron chi connectivity index (χ0n) is 19.3. The molecule has 0 spiro atoms. The van der Waals surface area contributed by atoms with E-state index in [2.05, 4.69) is 33.0 Å². The topological polar surface area (TPSA) is 49.0 Å². The highest BCUT2D eigenvalue weighted by atomic mass is 16.6. The van der Waals surface area contributed by atoms with Gasteiger partial charge in [-0.25, -0.2) is 0 Å². The summed E-state index contributed by atoms with van der Waals surface area (Å²) in [5.41, 5.74) is 0. The maximum absolute atomic E-state index is 5.60. The molecule has 0 fully saturated rings. The van der Waals surface area contributed by atoms with Gasteiger partial charge in [0.05, 0.1) is 46.2 Å². The Morgan fingerprint density at radius 3 is 1.71 bits per heavy atom. The first-order chi connectivity index (χ1) is 13.7. The van der Waals surface area contributed by atoms with Gasteiger partial charge in [-0.05, 0) is 37.6 Å². The summed E-state index contributed by atoms with van der Waals surface area (Å²) in [5, 5.41) is 3.48. The van der Waals surface area contributed by atoms with Gasteiger partial charge in [0, 0.05) is 13.2 Å². The van der Waals surface area contributed by atoms with Gasteiger partial charge in [-0.3, -0.25) is 0 Å². The largest absolute Gasteiger partial charge is 0.379 e. The molecule has 0 aliphatic carbocycles. The van der Waals surface area contributed by atoms with Gasteiger partial charge in [0.15, 0.2) is 0 Å². The third-order valence-electron chi connectivity index (χ3n) is 5.01. The number of hydrogen-bond donors (Lipinski definition) is 1. The van der Waals surface area contributed by atoms with Crippen molar-refractivity contribution in [3.8, 4) is 0 Å². The highest BCUT2D eigenvalue weighted by molar-refractivity contribution is 4.59. The molecule has 0 heterocycles. The molecule has 28 heavy (non-hydrogen) atoms. The van der Waals surface area contributed by atoms with Crippen molar-refractivity contribution < 1.29 is 18.9 Å². The Hall–Kier alpha value is -0.200. The minimum atomic E-state index is 0.616. The van der Waals surface area contributed by atoms with Crippen LogP contribution in [0, 0.1) is 11.8 Å². The Morgan fingerprint density at radius 1 is 0.643 bits per heavy atom. The lowest BCUT2D eigenvalue weighted by Gasteiger charge is -2.14. The third kappa shape index (κ3) is 20.5. The van der Waals surface area contributed by atoms with Crippen molar-refractivity contribution >= 4 is 0 Å². The Labute approximate surface area is 175 Å². The molecule has 0 rings (SSSR count). The summed E-state index contributed by atoms with van der Waals surface area (Å²) in [4.78, 5) is 0. The zero-order chi connectivity index (χ0) is 20.7. The molecule has 0 radical (unpaired) electrons. The summed E-state index contributed by atoms with van der Waals surface area (Å²) in [5.74, 6) is 1.62. The SMILES string of the molecule is CCCC(C)CCCOCCOCCOCCOCCNCC(CC)CCC. The maximum atomic E-state index is 5.60. The van der Waals surface area contributed by atoms with Crippen LogP contribution in [0.4, 0.5) is 0 Å². The van der Waals surface area contributed by atoms with Crippen LogP contribution in [0.2, 0.25) is 0 Å². The lowest BCUT2D eigenvalue weighted by atomic mass is 10.0. The van der Waals surface area contributed by atoms with Gasteiger partial charge in [-0.15, -0.1) is 0 Å². The monoisotopic (exact) mass is 403 g/mol. The van der Waals surface area contributed by atoms with Crippen LogP contribution in [0.15, 0.2) is 0 Å². The lowest BCUT2D eigenvalue weighted by Crippen LogP contribution is -2.26. The lowest BCUT2D eigenvalue weighted by molar-refractivity contribution is -0.00203. The fourth-order valence-electron chi connectivity index (χ4n) is 3.24. The predicted molar refractivity (Wildman–Crippen MR) is 118 cm³/mol. The van der Waals surface area contributed by atoms with E-state index in [-0.39, 0.29) is 0 Å². The summed E-state index contributed by atoms with van der Waals surface area (Å²) >= 11 is 0. The molecule has 0 aliphatic heterocycles. The average molecular weight is 404 g/mol. The molecule has 5 heteroatoms. The highest BCUT2D eigenvalue weighted by Crippen LogP contribution is 2.11. The number of rotatable bonds is 23. The first-order valence-electron chi connectivity index (χ1n) is 11.8. The fraction of sp³-hybridized carbons (Fsp3) is 1.00. The second kappa shape index (κ2) is 23.1. The van der Waals surface area contributed by atoms with Gasteiger partial charge in [0.1, 0.15) is 0 Å². The van der Waals surface area contributed by atoms with Gasteiger partial charge in [-0.2, -0.15) is 0 Å². The molecule has 0 amide bonds. The number of nitrogens with one attached hydrogen (secondary N) is 1. The molecule has 1 N–H and O–H groups in total. The molecule has 0 aromatic rings. The van der Waals surface area contributed by atoms with Crippen LogP contribution >= 0.6 is 0 Å². The molecule has 0 aromatic heterocycles. The van der Waals surface area contributed by atoms with E-state index < -0.39 is 0 Å². The predicted octanol–water partition coefficient (Wildman–Crippen LogP) is 4.69. The van der Waals surface area contributed by atoms with Crippen molar-refractivity contribution in [1.82, 2.24) is 5.32 Å². The minimum Gasteiger partial charge on any atom is -0.379 e. The Morgan fingerprint density at radius 2 is 1.18 bits per heavy atom. The van der Waals surface area contributed by atoms with Gasteiger partial charge >= 0.3 is 0 Å². The molecule has 0 bridgehead atoms. The summed E-state index contributed by atoms with van der Waals surface area (Å²) < 4.78 is 22.2.